The molecule has 0 aliphatic heterocycles. The van der Waals surface area contributed by atoms with E-state index in [1.807, 2.05) is 0 Å². The molecule has 0 saturated carbocycles. The zero-order chi connectivity index (χ0) is 15.8. The van der Waals surface area contributed by atoms with Gasteiger partial charge in [-0.3, -0.25) is 14.4 Å². The Morgan fingerprint density at radius 1 is 1.10 bits per heavy atom. The first-order chi connectivity index (χ1) is 9.93. The molecule has 1 aromatic carbocycles. The molecule has 0 radical (unpaired) electrons. The van der Waals surface area contributed by atoms with E-state index in [1.54, 1.807) is 6.92 Å². The molecule has 2 N–H and O–H groups in total. The Kier molecular flexibility index (Phi) is 6.32. The van der Waals surface area contributed by atoms with Crippen LogP contribution in [0.1, 0.15) is 13.8 Å². The number of amides is 3. The number of carbonyl (C=O) groups is 3. The lowest BCUT2D eigenvalue weighted by Crippen LogP contribution is -2.43. The molecule has 3 amide bonds. The monoisotopic (exact) mass is 295 g/mol. The maximum absolute atomic E-state index is 12.9. The summed E-state index contributed by atoms with van der Waals surface area (Å²) in [5.74, 6) is -1.47. The number of rotatable bonds is 6. The highest BCUT2D eigenvalue weighted by Crippen LogP contribution is 2.14. The minimum absolute atomic E-state index is 0.175. The highest BCUT2D eigenvalue weighted by molar-refractivity contribution is 5.97. The minimum atomic E-state index is -0.450. The van der Waals surface area contributed by atoms with Gasteiger partial charge < -0.3 is 15.5 Å². The minimum Gasteiger partial charge on any atom is -0.347 e. The fourth-order valence-electron chi connectivity index (χ4n) is 1.66. The molecule has 1 rings (SSSR count). The number of nitrogens with zero attached hydrogens (tertiary/aromatic N) is 1. The predicted molar refractivity (Wildman–Crippen MR) is 76.1 cm³/mol. The average molecular weight is 295 g/mol. The molecule has 1 aromatic rings. The molecule has 114 valence electrons. The van der Waals surface area contributed by atoms with Gasteiger partial charge in [-0.2, -0.15) is 0 Å². The topological polar surface area (TPSA) is 78.5 Å². The molecule has 0 aliphatic rings. The Balaban J connectivity index is 2.54. The number of hydrogen-bond acceptors (Lipinski definition) is 3. The normalized spacial score (nSPS) is 9.86. The zero-order valence-corrected chi connectivity index (χ0v) is 12.0. The molecule has 0 atom stereocenters. The standard InChI is InChI=1S/C14H18FN3O3/c1-3-18(12-6-4-11(15)5-7-12)14(21)9-17-13(20)8-16-10(2)19/h4-7H,3,8-9H2,1-2H3,(H,16,19)(H,17,20). The number of nitrogens with one attached hydrogen (secondary N) is 2. The summed E-state index contributed by atoms with van der Waals surface area (Å²) in [7, 11) is 0. The van der Waals surface area contributed by atoms with Crippen molar-refractivity contribution in [1.29, 1.82) is 0 Å². The molecule has 0 fully saturated rings. The van der Waals surface area contributed by atoms with Crippen LogP contribution in [0.3, 0.4) is 0 Å². The third kappa shape index (κ3) is 5.60. The van der Waals surface area contributed by atoms with Crippen molar-refractivity contribution in [3.63, 3.8) is 0 Å². The van der Waals surface area contributed by atoms with Crippen LogP contribution in [0.25, 0.3) is 0 Å². The van der Waals surface area contributed by atoms with E-state index in [2.05, 4.69) is 10.6 Å². The molecule has 0 heterocycles. The lowest BCUT2D eigenvalue weighted by molar-refractivity contribution is -0.126. The lowest BCUT2D eigenvalue weighted by Gasteiger charge is -2.21. The smallest absolute Gasteiger partial charge is 0.246 e. The van der Waals surface area contributed by atoms with E-state index in [1.165, 1.54) is 36.1 Å². The number of likely N-dealkylation sites (N-methyl/N-ethyl adjacent to an activating group) is 1. The van der Waals surface area contributed by atoms with E-state index in [9.17, 15) is 18.8 Å². The third-order valence-electron chi connectivity index (χ3n) is 2.69. The maximum atomic E-state index is 12.9. The Morgan fingerprint density at radius 2 is 1.71 bits per heavy atom. The van der Waals surface area contributed by atoms with Crippen molar-refractivity contribution in [2.45, 2.75) is 13.8 Å². The number of anilines is 1. The Hall–Kier alpha value is -2.44. The van der Waals surface area contributed by atoms with Crippen LogP contribution < -0.4 is 15.5 Å². The van der Waals surface area contributed by atoms with Crippen LogP contribution in [-0.4, -0.2) is 37.4 Å². The van der Waals surface area contributed by atoms with E-state index in [4.69, 9.17) is 0 Å². The van der Waals surface area contributed by atoms with Gasteiger partial charge in [-0.25, -0.2) is 4.39 Å². The molecule has 21 heavy (non-hydrogen) atoms. The maximum Gasteiger partial charge on any atom is 0.246 e. The van der Waals surface area contributed by atoms with Gasteiger partial charge in [0, 0.05) is 19.2 Å². The summed E-state index contributed by atoms with van der Waals surface area (Å²) in [5, 5.41) is 4.75. The van der Waals surface area contributed by atoms with Crippen molar-refractivity contribution in [2.75, 3.05) is 24.5 Å². The average Bonchev–Trinajstić information content (AvgIpc) is 2.45. The second-order valence-corrected chi connectivity index (χ2v) is 4.30. The van der Waals surface area contributed by atoms with Crippen LogP contribution in [0.5, 0.6) is 0 Å². The molecular weight excluding hydrogens is 277 g/mol. The van der Waals surface area contributed by atoms with E-state index in [0.717, 1.165) is 0 Å². The van der Waals surface area contributed by atoms with Gasteiger partial charge in [-0.15, -0.1) is 0 Å². The highest BCUT2D eigenvalue weighted by Gasteiger charge is 2.14. The molecule has 0 spiro atoms. The Labute approximate surface area is 122 Å². The van der Waals surface area contributed by atoms with Gasteiger partial charge in [0.1, 0.15) is 5.82 Å². The van der Waals surface area contributed by atoms with Gasteiger partial charge in [0.2, 0.25) is 17.7 Å². The SMILES string of the molecule is CCN(C(=O)CNC(=O)CNC(C)=O)c1ccc(F)cc1. The summed E-state index contributed by atoms with van der Waals surface area (Å²) in [6, 6.07) is 5.52. The van der Waals surface area contributed by atoms with Crippen LogP contribution in [0.2, 0.25) is 0 Å². The van der Waals surface area contributed by atoms with Crippen LogP contribution in [0.4, 0.5) is 10.1 Å². The van der Waals surface area contributed by atoms with Crippen molar-refractivity contribution in [2.24, 2.45) is 0 Å². The van der Waals surface area contributed by atoms with Crippen molar-refractivity contribution >= 4 is 23.4 Å². The molecule has 0 unspecified atom stereocenters. The summed E-state index contributed by atoms with van der Waals surface area (Å²) in [6.07, 6.45) is 0. The molecule has 0 bridgehead atoms. The van der Waals surface area contributed by atoms with Gasteiger partial charge in [0.15, 0.2) is 0 Å². The summed E-state index contributed by atoms with van der Waals surface area (Å²) in [4.78, 5) is 35.5. The fraction of sp³-hybridized carbons (Fsp3) is 0.357. The second-order valence-electron chi connectivity index (χ2n) is 4.30. The third-order valence-corrected chi connectivity index (χ3v) is 2.69. The van der Waals surface area contributed by atoms with E-state index >= 15 is 0 Å². The van der Waals surface area contributed by atoms with Crippen molar-refractivity contribution in [3.05, 3.63) is 30.1 Å². The van der Waals surface area contributed by atoms with Crippen molar-refractivity contribution in [3.8, 4) is 0 Å². The first-order valence-electron chi connectivity index (χ1n) is 6.51. The largest absolute Gasteiger partial charge is 0.347 e. The molecule has 7 heteroatoms. The van der Waals surface area contributed by atoms with Crippen molar-refractivity contribution in [1.82, 2.24) is 10.6 Å². The summed E-state index contributed by atoms with van der Waals surface area (Å²) >= 11 is 0. The first kappa shape index (κ1) is 16.6. The molecule has 0 aliphatic carbocycles. The highest BCUT2D eigenvalue weighted by atomic mass is 19.1. The summed E-state index contributed by atoms with van der Waals surface area (Å²) in [5.41, 5.74) is 0.556. The Morgan fingerprint density at radius 3 is 2.24 bits per heavy atom. The number of benzene rings is 1. The predicted octanol–water partition coefficient (Wildman–Crippen LogP) is 0.431. The van der Waals surface area contributed by atoms with Gasteiger partial charge in [0.25, 0.3) is 0 Å². The van der Waals surface area contributed by atoms with Gasteiger partial charge in [-0.05, 0) is 31.2 Å². The summed E-state index contributed by atoms with van der Waals surface area (Å²) in [6.45, 7) is 3.10. The lowest BCUT2D eigenvalue weighted by atomic mass is 10.2. The molecule has 0 aromatic heterocycles. The molecular formula is C14H18FN3O3. The quantitative estimate of drug-likeness (QED) is 0.799. The Bertz CT molecular complexity index is 517. The molecule has 6 nitrogen and oxygen atoms in total. The second kappa shape index (κ2) is 7.98. The zero-order valence-electron chi connectivity index (χ0n) is 12.0. The van der Waals surface area contributed by atoms with Crippen LogP contribution in [0.15, 0.2) is 24.3 Å². The van der Waals surface area contributed by atoms with E-state index in [0.29, 0.717) is 12.2 Å². The first-order valence-corrected chi connectivity index (χ1v) is 6.51. The van der Waals surface area contributed by atoms with Crippen LogP contribution in [0, 0.1) is 5.82 Å². The van der Waals surface area contributed by atoms with Gasteiger partial charge in [0.05, 0.1) is 13.1 Å². The van der Waals surface area contributed by atoms with Crippen molar-refractivity contribution < 1.29 is 18.8 Å². The van der Waals surface area contributed by atoms with Crippen LogP contribution >= 0.6 is 0 Å². The van der Waals surface area contributed by atoms with Gasteiger partial charge >= 0.3 is 0 Å². The fourth-order valence-corrected chi connectivity index (χ4v) is 1.66. The number of carbonyl (C=O) groups excluding carboxylic acids is 3. The van der Waals surface area contributed by atoms with Gasteiger partial charge in [-0.1, -0.05) is 0 Å². The van der Waals surface area contributed by atoms with E-state index < -0.39 is 5.91 Å². The summed E-state index contributed by atoms with van der Waals surface area (Å²) < 4.78 is 12.9. The number of halogens is 1. The number of hydrogen-bond donors (Lipinski definition) is 2. The van der Waals surface area contributed by atoms with Crippen LogP contribution in [-0.2, 0) is 14.4 Å². The van der Waals surface area contributed by atoms with E-state index in [-0.39, 0.29) is 30.7 Å². The molecule has 0 saturated heterocycles.